The second-order valence-corrected chi connectivity index (χ2v) is 7.31. The Labute approximate surface area is 71.8 Å². The molecule has 70 valence electrons. The lowest BCUT2D eigenvalue weighted by Crippen LogP contribution is -2.28. The first-order valence-electron chi connectivity index (χ1n) is 4.07. The minimum Gasteiger partial charge on any atom is -0.396 e. The van der Waals surface area contributed by atoms with Gasteiger partial charge in [-0.25, -0.2) is 0 Å². The van der Waals surface area contributed by atoms with Gasteiger partial charge in [0.2, 0.25) is 0 Å². The lowest BCUT2D eigenvalue weighted by Gasteiger charge is -2.34. The fourth-order valence-electron chi connectivity index (χ4n) is 1.12. The Bertz CT molecular complexity index is 104. The molecular weight excluding hydrogens is 158 g/mol. The Morgan fingerprint density at radius 2 is 1.91 bits per heavy atom. The minimum atomic E-state index is -0.653. The summed E-state index contributed by atoms with van der Waals surface area (Å²) in [4.78, 5) is 0. The lowest BCUT2D eigenvalue weighted by molar-refractivity contribution is 0.296. The van der Waals surface area contributed by atoms with E-state index in [0.717, 1.165) is 12.2 Å². The third kappa shape index (κ3) is 6.66. The maximum absolute atomic E-state index is 8.65. The van der Waals surface area contributed by atoms with Gasteiger partial charge in [0.1, 0.15) is 0 Å². The highest BCUT2D eigenvalue weighted by molar-refractivity contribution is 8.31. The first kappa shape index (κ1) is 11.3. The normalized spacial score (nSPS) is 14.0. The summed E-state index contributed by atoms with van der Waals surface area (Å²) in [7, 11) is -0.653. The molecule has 0 unspecified atom stereocenters. The summed E-state index contributed by atoms with van der Waals surface area (Å²) < 4.78 is 3.53. The molecule has 0 bridgehead atoms. The molecule has 0 atom stereocenters. The highest BCUT2D eigenvalue weighted by atomic mass is 32.3. The van der Waals surface area contributed by atoms with Crippen molar-refractivity contribution in [2.24, 2.45) is 0 Å². The molecule has 11 heavy (non-hydrogen) atoms. The smallest absolute Gasteiger partial charge is 0.0438 e. The topological polar surface area (TPSA) is 32.3 Å². The molecule has 0 aliphatic heterocycles. The number of rotatable bonds is 5. The molecule has 2 nitrogen and oxygen atoms in total. The summed E-state index contributed by atoms with van der Waals surface area (Å²) in [5.74, 6) is 1.11. The average molecular weight is 179 g/mol. The Hall–Kier alpha value is 0.270. The van der Waals surface area contributed by atoms with Gasteiger partial charge in [-0.1, -0.05) is 0 Å². The molecule has 0 aromatic heterocycles. The van der Waals surface area contributed by atoms with E-state index < -0.39 is 10.2 Å². The van der Waals surface area contributed by atoms with Gasteiger partial charge in [-0.3, -0.25) is 4.72 Å². The van der Waals surface area contributed by atoms with E-state index in [9.17, 15) is 0 Å². The van der Waals surface area contributed by atoms with Crippen molar-refractivity contribution in [3.05, 3.63) is 0 Å². The van der Waals surface area contributed by atoms with Crippen LogP contribution in [0.15, 0.2) is 0 Å². The van der Waals surface area contributed by atoms with Crippen LogP contribution in [0, 0.1) is 0 Å². The second kappa shape index (κ2) is 5.01. The van der Waals surface area contributed by atoms with Crippen LogP contribution in [0.3, 0.4) is 0 Å². The quantitative estimate of drug-likeness (QED) is 0.667. The molecule has 0 rings (SSSR count). The van der Waals surface area contributed by atoms with E-state index in [1.807, 2.05) is 0 Å². The fraction of sp³-hybridized carbons (Fsp3) is 1.00. The predicted octanol–water partition coefficient (Wildman–Crippen LogP) is 1.35. The van der Waals surface area contributed by atoms with Crippen molar-refractivity contribution in [3.8, 4) is 0 Å². The van der Waals surface area contributed by atoms with Crippen molar-refractivity contribution in [3.63, 3.8) is 0 Å². The third-order valence-corrected chi connectivity index (χ3v) is 3.79. The Kier molecular flexibility index (Phi) is 5.13. The second-order valence-electron chi connectivity index (χ2n) is 3.59. The summed E-state index contributed by atoms with van der Waals surface area (Å²) in [6.45, 7) is 4.64. The maximum atomic E-state index is 8.65. The van der Waals surface area contributed by atoms with E-state index in [4.69, 9.17) is 5.11 Å². The summed E-state index contributed by atoms with van der Waals surface area (Å²) in [5, 5.41) is 8.65. The maximum Gasteiger partial charge on any atom is 0.0438 e. The molecule has 0 aliphatic rings. The zero-order valence-corrected chi connectivity index (χ0v) is 8.87. The molecule has 0 heterocycles. The average Bonchev–Trinajstić information content (AvgIpc) is 1.81. The number of aliphatic hydroxyl groups is 1. The van der Waals surface area contributed by atoms with Gasteiger partial charge in [-0.15, -0.1) is 0 Å². The lowest BCUT2D eigenvalue weighted by atomic mass is 10.4. The predicted molar refractivity (Wildman–Crippen MR) is 54.3 cm³/mol. The molecule has 0 amide bonds. The Balaban J connectivity index is 3.61. The molecule has 0 saturated carbocycles. The van der Waals surface area contributed by atoms with Crippen molar-refractivity contribution in [2.45, 2.75) is 26.3 Å². The van der Waals surface area contributed by atoms with E-state index in [1.54, 1.807) is 0 Å². The minimum absolute atomic E-state index is 0.316. The van der Waals surface area contributed by atoms with Crippen molar-refractivity contribution in [1.82, 2.24) is 4.72 Å². The molecule has 0 aromatic carbocycles. The van der Waals surface area contributed by atoms with Gasteiger partial charge in [0.25, 0.3) is 0 Å². The summed E-state index contributed by atoms with van der Waals surface area (Å²) in [6.07, 6.45) is 5.42. The highest BCUT2D eigenvalue weighted by Crippen LogP contribution is 2.35. The van der Waals surface area contributed by atoms with Crippen LogP contribution in [0.4, 0.5) is 0 Å². The van der Waals surface area contributed by atoms with Gasteiger partial charge in [0.15, 0.2) is 0 Å². The number of hydrogen-bond acceptors (Lipinski definition) is 2. The van der Waals surface area contributed by atoms with Gasteiger partial charge in [-0.2, -0.15) is 10.2 Å². The van der Waals surface area contributed by atoms with Crippen LogP contribution in [0.1, 0.15) is 20.3 Å². The van der Waals surface area contributed by atoms with Gasteiger partial charge in [0.05, 0.1) is 0 Å². The molecular formula is C8H21NOS. The van der Waals surface area contributed by atoms with E-state index >= 15 is 0 Å². The highest BCUT2D eigenvalue weighted by Gasteiger charge is 2.10. The van der Waals surface area contributed by atoms with E-state index in [1.165, 1.54) is 0 Å². The number of hydrogen-bond donors (Lipinski definition) is 2. The monoisotopic (exact) mass is 179 g/mol. The van der Waals surface area contributed by atoms with Crippen LogP contribution in [0.2, 0.25) is 0 Å². The summed E-state index contributed by atoms with van der Waals surface area (Å²) >= 11 is 0. The standard InChI is InChI=1S/C8H21NOS/c1-8(2)9-11(3,4)7-5-6-10/h8-10H,5-7H2,1-4H3. The molecule has 0 spiro atoms. The fourth-order valence-corrected chi connectivity index (χ4v) is 3.37. The van der Waals surface area contributed by atoms with Crippen LogP contribution in [-0.2, 0) is 0 Å². The van der Waals surface area contributed by atoms with Gasteiger partial charge in [-0.05, 0) is 38.5 Å². The number of nitrogens with one attached hydrogen (secondary N) is 1. The zero-order valence-electron chi connectivity index (χ0n) is 8.05. The SMILES string of the molecule is CC(C)NS(C)(C)CCCO. The van der Waals surface area contributed by atoms with Gasteiger partial charge in [0, 0.05) is 12.6 Å². The van der Waals surface area contributed by atoms with E-state index in [2.05, 4.69) is 31.1 Å². The van der Waals surface area contributed by atoms with Crippen LogP contribution in [0.25, 0.3) is 0 Å². The van der Waals surface area contributed by atoms with Crippen molar-refractivity contribution in [2.75, 3.05) is 24.9 Å². The molecule has 3 heteroatoms. The Morgan fingerprint density at radius 3 is 2.27 bits per heavy atom. The van der Waals surface area contributed by atoms with Gasteiger partial charge < -0.3 is 5.11 Å². The van der Waals surface area contributed by atoms with Crippen molar-refractivity contribution >= 4 is 10.2 Å². The van der Waals surface area contributed by atoms with Crippen LogP contribution in [-0.4, -0.2) is 36.0 Å². The number of aliphatic hydroxyl groups excluding tert-OH is 1. The van der Waals surface area contributed by atoms with Crippen LogP contribution < -0.4 is 4.72 Å². The summed E-state index contributed by atoms with van der Waals surface area (Å²) in [6, 6.07) is 0.554. The zero-order chi connectivity index (χ0) is 8.91. The van der Waals surface area contributed by atoms with Gasteiger partial charge >= 0.3 is 0 Å². The molecule has 0 radical (unpaired) electrons. The van der Waals surface area contributed by atoms with E-state index in [-0.39, 0.29) is 0 Å². The Morgan fingerprint density at radius 1 is 1.36 bits per heavy atom. The van der Waals surface area contributed by atoms with Crippen LogP contribution >= 0.6 is 10.2 Å². The molecule has 0 aromatic rings. The molecule has 2 N–H and O–H groups in total. The molecule has 0 saturated heterocycles. The molecule has 0 aliphatic carbocycles. The summed E-state index contributed by atoms with van der Waals surface area (Å²) in [5.41, 5.74) is 0. The van der Waals surface area contributed by atoms with Crippen molar-refractivity contribution < 1.29 is 5.11 Å². The largest absolute Gasteiger partial charge is 0.396 e. The third-order valence-electron chi connectivity index (χ3n) is 1.37. The molecule has 0 fully saturated rings. The van der Waals surface area contributed by atoms with E-state index in [0.29, 0.717) is 12.6 Å². The first-order chi connectivity index (χ1) is 4.98. The van der Waals surface area contributed by atoms with Crippen molar-refractivity contribution in [1.29, 1.82) is 0 Å². The first-order valence-corrected chi connectivity index (χ1v) is 6.69. The van der Waals surface area contributed by atoms with Crippen LogP contribution in [0.5, 0.6) is 0 Å².